The van der Waals surface area contributed by atoms with Crippen molar-refractivity contribution in [2.75, 3.05) is 6.54 Å². The summed E-state index contributed by atoms with van der Waals surface area (Å²) in [6.45, 7) is -0.00795. The van der Waals surface area contributed by atoms with Crippen LogP contribution in [0.1, 0.15) is 10.4 Å². The third kappa shape index (κ3) is 2.37. The van der Waals surface area contributed by atoms with Crippen LogP contribution in [0.15, 0.2) is 41.7 Å². The summed E-state index contributed by atoms with van der Waals surface area (Å²) in [5.41, 5.74) is 6.54. The van der Waals surface area contributed by atoms with Crippen molar-refractivity contribution >= 4 is 22.6 Å². The molecule has 0 fully saturated rings. The maximum atomic E-state index is 11.9. The number of fused-ring (bicyclic) bond motifs is 1. The van der Waals surface area contributed by atoms with Crippen molar-refractivity contribution in [3.63, 3.8) is 0 Å². The zero-order chi connectivity index (χ0) is 13.0. The van der Waals surface area contributed by atoms with Crippen LogP contribution in [0.4, 0.5) is 0 Å². The highest BCUT2D eigenvalue weighted by Gasteiger charge is 2.10. The van der Waals surface area contributed by atoms with E-state index in [-0.39, 0.29) is 18.3 Å². The minimum Gasteiger partial charge on any atom is -0.409 e. The van der Waals surface area contributed by atoms with Gasteiger partial charge in [-0.1, -0.05) is 23.4 Å². The molecule has 0 radical (unpaired) electrons. The fourth-order valence-electron chi connectivity index (χ4n) is 1.60. The summed E-state index contributed by atoms with van der Waals surface area (Å²) in [5, 5.41) is 14.5. The lowest BCUT2D eigenvalue weighted by atomic mass is 10.1. The molecule has 2 rings (SSSR count). The second kappa shape index (κ2) is 5.13. The third-order valence-electron chi connectivity index (χ3n) is 2.45. The molecule has 92 valence electrons. The number of rotatable bonds is 3. The molecule has 6 heteroatoms. The van der Waals surface area contributed by atoms with Crippen LogP contribution >= 0.6 is 0 Å². The molecule has 0 saturated carbocycles. The summed E-state index contributed by atoms with van der Waals surface area (Å²) >= 11 is 0. The van der Waals surface area contributed by atoms with E-state index >= 15 is 0 Å². The van der Waals surface area contributed by atoms with E-state index in [1.165, 1.54) is 0 Å². The first-order valence-corrected chi connectivity index (χ1v) is 5.30. The molecule has 6 nitrogen and oxygen atoms in total. The average Bonchev–Trinajstić information content (AvgIpc) is 2.43. The first kappa shape index (κ1) is 11.8. The molecule has 0 atom stereocenters. The molecule has 0 aliphatic carbocycles. The number of hydrogen-bond donors (Lipinski definition) is 3. The summed E-state index contributed by atoms with van der Waals surface area (Å²) in [4.78, 5) is 16.1. The molecule has 0 unspecified atom stereocenters. The zero-order valence-electron chi connectivity index (χ0n) is 9.50. The Labute approximate surface area is 103 Å². The molecular formula is C12H12N4O2. The number of amides is 1. The lowest BCUT2D eigenvalue weighted by molar-refractivity contribution is 0.0960. The van der Waals surface area contributed by atoms with E-state index in [9.17, 15) is 4.79 Å². The van der Waals surface area contributed by atoms with E-state index in [1.807, 2.05) is 24.3 Å². The molecule has 0 spiro atoms. The zero-order valence-corrected chi connectivity index (χ0v) is 9.50. The third-order valence-corrected chi connectivity index (χ3v) is 2.45. The number of nitrogens with zero attached hydrogens (tertiary/aromatic N) is 2. The highest BCUT2D eigenvalue weighted by atomic mass is 16.4. The number of pyridine rings is 1. The molecule has 2 aromatic rings. The van der Waals surface area contributed by atoms with E-state index in [0.29, 0.717) is 5.56 Å². The Morgan fingerprint density at radius 1 is 1.39 bits per heavy atom. The number of aromatic nitrogens is 1. The second-order valence-electron chi connectivity index (χ2n) is 3.65. The van der Waals surface area contributed by atoms with Gasteiger partial charge in [-0.3, -0.25) is 9.78 Å². The van der Waals surface area contributed by atoms with Crippen LogP contribution < -0.4 is 11.1 Å². The summed E-state index contributed by atoms with van der Waals surface area (Å²) < 4.78 is 0. The molecule has 18 heavy (non-hydrogen) atoms. The lowest BCUT2D eigenvalue weighted by Gasteiger charge is -2.06. The van der Waals surface area contributed by atoms with Gasteiger partial charge in [0.2, 0.25) is 0 Å². The molecular weight excluding hydrogens is 232 g/mol. The van der Waals surface area contributed by atoms with Crippen LogP contribution in [-0.4, -0.2) is 28.5 Å². The Kier molecular flexibility index (Phi) is 3.38. The minimum atomic E-state index is -0.291. The van der Waals surface area contributed by atoms with Gasteiger partial charge in [-0.05, 0) is 12.1 Å². The van der Waals surface area contributed by atoms with Crippen molar-refractivity contribution in [1.82, 2.24) is 10.3 Å². The van der Waals surface area contributed by atoms with Crippen LogP contribution in [-0.2, 0) is 0 Å². The van der Waals surface area contributed by atoms with Gasteiger partial charge >= 0.3 is 0 Å². The van der Waals surface area contributed by atoms with E-state index in [0.717, 1.165) is 10.9 Å². The van der Waals surface area contributed by atoms with Crippen LogP contribution in [0.2, 0.25) is 0 Å². The highest BCUT2D eigenvalue weighted by molar-refractivity contribution is 6.06. The number of carbonyl (C=O) groups is 1. The number of hydrogen-bond acceptors (Lipinski definition) is 4. The van der Waals surface area contributed by atoms with Gasteiger partial charge in [0.1, 0.15) is 0 Å². The maximum absolute atomic E-state index is 11.9. The highest BCUT2D eigenvalue weighted by Crippen LogP contribution is 2.15. The van der Waals surface area contributed by atoms with Crippen LogP contribution in [0.5, 0.6) is 0 Å². The summed E-state index contributed by atoms with van der Waals surface area (Å²) in [5.74, 6) is -0.345. The summed E-state index contributed by atoms with van der Waals surface area (Å²) in [6.07, 6.45) is 1.57. The number of benzene rings is 1. The normalized spacial score (nSPS) is 11.4. The predicted octanol–water partition coefficient (Wildman–Crippen LogP) is 0.711. The first-order valence-electron chi connectivity index (χ1n) is 5.30. The largest absolute Gasteiger partial charge is 0.409 e. The van der Waals surface area contributed by atoms with Gasteiger partial charge in [0.05, 0.1) is 17.6 Å². The Hall–Kier alpha value is -2.63. The SMILES string of the molecule is N/C(CNC(=O)c1ccnc2ccccc12)=N/O. The Morgan fingerprint density at radius 2 is 2.17 bits per heavy atom. The molecule has 1 aromatic heterocycles. The predicted molar refractivity (Wildman–Crippen MR) is 67.5 cm³/mol. The fourth-order valence-corrected chi connectivity index (χ4v) is 1.60. The molecule has 1 amide bonds. The minimum absolute atomic E-state index is 0.00795. The van der Waals surface area contributed by atoms with Gasteiger partial charge < -0.3 is 16.3 Å². The fraction of sp³-hybridized carbons (Fsp3) is 0.0833. The second-order valence-corrected chi connectivity index (χ2v) is 3.65. The van der Waals surface area contributed by atoms with E-state index in [1.54, 1.807) is 12.3 Å². The van der Waals surface area contributed by atoms with E-state index in [2.05, 4.69) is 15.5 Å². The van der Waals surface area contributed by atoms with Crippen LogP contribution in [0.3, 0.4) is 0 Å². The Morgan fingerprint density at radius 3 is 2.94 bits per heavy atom. The van der Waals surface area contributed by atoms with Crippen LogP contribution in [0, 0.1) is 0 Å². The number of nitrogens with one attached hydrogen (secondary N) is 1. The van der Waals surface area contributed by atoms with Gasteiger partial charge in [0.15, 0.2) is 5.84 Å². The van der Waals surface area contributed by atoms with Gasteiger partial charge in [-0.2, -0.15) is 0 Å². The van der Waals surface area contributed by atoms with Crippen molar-refractivity contribution in [3.8, 4) is 0 Å². The molecule has 1 heterocycles. The molecule has 4 N–H and O–H groups in total. The van der Waals surface area contributed by atoms with Crippen molar-refractivity contribution in [2.24, 2.45) is 10.9 Å². The lowest BCUT2D eigenvalue weighted by Crippen LogP contribution is -2.33. The standard InChI is InChI=1S/C12H12N4O2/c13-11(16-18)7-15-12(17)9-5-6-14-10-4-2-1-3-8(9)10/h1-6,18H,7H2,(H2,13,16)(H,15,17). The summed E-state index contributed by atoms with van der Waals surface area (Å²) in [7, 11) is 0. The van der Waals surface area contributed by atoms with Crippen molar-refractivity contribution in [1.29, 1.82) is 0 Å². The van der Waals surface area contributed by atoms with E-state index < -0.39 is 0 Å². The smallest absolute Gasteiger partial charge is 0.252 e. The average molecular weight is 244 g/mol. The van der Waals surface area contributed by atoms with Crippen molar-refractivity contribution < 1.29 is 10.0 Å². The molecule has 1 aromatic carbocycles. The molecule has 0 aliphatic heterocycles. The summed E-state index contributed by atoms with van der Waals surface area (Å²) in [6, 6.07) is 8.97. The van der Waals surface area contributed by atoms with Crippen molar-refractivity contribution in [2.45, 2.75) is 0 Å². The van der Waals surface area contributed by atoms with Crippen molar-refractivity contribution in [3.05, 3.63) is 42.1 Å². The quantitative estimate of drug-likeness (QED) is 0.320. The monoisotopic (exact) mass is 244 g/mol. The number of para-hydroxylation sites is 1. The van der Waals surface area contributed by atoms with Gasteiger partial charge in [-0.25, -0.2) is 0 Å². The molecule has 0 aliphatic rings. The number of oxime groups is 1. The maximum Gasteiger partial charge on any atom is 0.252 e. The number of amidine groups is 1. The Bertz CT molecular complexity index is 605. The topological polar surface area (TPSA) is 101 Å². The Balaban J connectivity index is 2.28. The first-order chi connectivity index (χ1) is 8.72. The van der Waals surface area contributed by atoms with Gasteiger partial charge in [-0.15, -0.1) is 0 Å². The van der Waals surface area contributed by atoms with Gasteiger partial charge in [0, 0.05) is 11.6 Å². The number of nitrogens with two attached hydrogens (primary N) is 1. The van der Waals surface area contributed by atoms with Crippen LogP contribution in [0.25, 0.3) is 10.9 Å². The molecule has 0 bridgehead atoms. The molecule has 0 saturated heterocycles. The number of carbonyl (C=O) groups excluding carboxylic acids is 1. The van der Waals surface area contributed by atoms with E-state index in [4.69, 9.17) is 10.9 Å². The van der Waals surface area contributed by atoms with Gasteiger partial charge in [0.25, 0.3) is 5.91 Å².